The van der Waals surface area contributed by atoms with E-state index in [2.05, 4.69) is 5.32 Å². The van der Waals surface area contributed by atoms with Gasteiger partial charge >= 0.3 is 5.97 Å². The van der Waals surface area contributed by atoms with Gasteiger partial charge in [-0.3, -0.25) is 4.79 Å². The molecule has 1 saturated carbocycles. The van der Waals surface area contributed by atoms with E-state index in [4.69, 9.17) is 5.11 Å². The third kappa shape index (κ3) is 3.68. The zero-order valence-electron chi connectivity index (χ0n) is 11.4. The molecule has 1 aromatic rings. The largest absolute Gasteiger partial charge is 0.481 e. The van der Waals surface area contributed by atoms with Gasteiger partial charge in [-0.25, -0.2) is 8.78 Å². The third-order valence-corrected chi connectivity index (χ3v) is 3.82. The first-order chi connectivity index (χ1) is 9.36. The van der Waals surface area contributed by atoms with Gasteiger partial charge in [-0.2, -0.15) is 0 Å². The molecule has 0 aromatic heterocycles. The molecule has 0 atom stereocenters. The standard InChI is InChI=1S/C15H19F2NO2/c1-15(16,17)11-3-2-4-13(9-11)18-12-7-5-10(6-8-12)14(19)20/h2-4,9-10,12,18H,5-8H2,1H3,(H,19,20). The topological polar surface area (TPSA) is 49.3 Å². The van der Waals surface area contributed by atoms with Crippen LogP contribution < -0.4 is 5.32 Å². The highest BCUT2D eigenvalue weighted by molar-refractivity contribution is 5.70. The molecule has 20 heavy (non-hydrogen) atoms. The summed E-state index contributed by atoms with van der Waals surface area (Å²) < 4.78 is 26.5. The van der Waals surface area contributed by atoms with Crippen molar-refractivity contribution in [3.8, 4) is 0 Å². The third-order valence-electron chi connectivity index (χ3n) is 3.82. The second-order valence-corrected chi connectivity index (χ2v) is 5.50. The Morgan fingerprint density at radius 3 is 2.50 bits per heavy atom. The lowest BCUT2D eigenvalue weighted by molar-refractivity contribution is -0.142. The second-order valence-electron chi connectivity index (χ2n) is 5.50. The van der Waals surface area contributed by atoms with Crippen LogP contribution >= 0.6 is 0 Å². The number of halogens is 2. The average molecular weight is 283 g/mol. The molecule has 0 spiro atoms. The molecule has 0 amide bonds. The van der Waals surface area contributed by atoms with E-state index in [0.717, 1.165) is 19.8 Å². The Hall–Kier alpha value is -1.65. The minimum atomic E-state index is -2.85. The van der Waals surface area contributed by atoms with Gasteiger partial charge in [-0.1, -0.05) is 12.1 Å². The zero-order chi connectivity index (χ0) is 14.8. The van der Waals surface area contributed by atoms with Gasteiger partial charge < -0.3 is 10.4 Å². The summed E-state index contributed by atoms with van der Waals surface area (Å²) in [5.41, 5.74) is 0.657. The lowest BCUT2D eigenvalue weighted by Crippen LogP contribution is -2.29. The maximum absolute atomic E-state index is 13.3. The summed E-state index contributed by atoms with van der Waals surface area (Å²) in [6.07, 6.45) is 2.78. The zero-order valence-corrected chi connectivity index (χ0v) is 11.4. The van der Waals surface area contributed by atoms with E-state index in [0.29, 0.717) is 18.5 Å². The van der Waals surface area contributed by atoms with Crippen molar-refractivity contribution >= 4 is 11.7 Å². The number of nitrogens with one attached hydrogen (secondary N) is 1. The van der Waals surface area contributed by atoms with Crippen LogP contribution in [-0.4, -0.2) is 17.1 Å². The normalized spacial score (nSPS) is 23.4. The molecule has 3 nitrogen and oxygen atoms in total. The molecule has 0 heterocycles. The maximum Gasteiger partial charge on any atom is 0.306 e. The monoisotopic (exact) mass is 283 g/mol. The van der Waals surface area contributed by atoms with Gasteiger partial charge in [0, 0.05) is 24.2 Å². The highest BCUT2D eigenvalue weighted by Crippen LogP contribution is 2.30. The van der Waals surface area contributed by atoms with Crippen molar-refractivity contribution in [2.75, 3.05) is 5.32 Å². The molecular weight excluding hydrogens is 264 g/mol. The fourth-order valence-electron chi connectivity index (χ4n) is 2.60. The Labute approximate surface area is 117 Å². The Morgan fingerprint density at radius 2 is 1.95 bits per heavy atom. The van der Waals surface area contributed by atoms with Crippen LogP contribution in [0.25, 0.3) is 0 Å². The molecule has 1 fully saturated rings. The summed E-state index contributed by atoms with van der Waals surface area (Å²) in [4.78, 5) is 10.9. The van der Waals surface area contributed by atoms with Crippen LogP contribution in [0.15, 0.2) is 24.3 Å². The highest BCUT2D eigenvalue weighted by Gasteiger charge is 2.27. The van der Waals surface area contributed by atoms with Gasteiger partial charge in [0.05, 0.1) is 5.92 Å². The van der Waals surface area contributed by atoms with Crippen molar-refractivity contribution in [2.24, 2.45) is 5.92 Å². The Bertz CT molecular complexity index is 477. The van der Waals surface area contributed by atoms with Crippen LogP contribution in [-0.2, 0) is 10.7 Å². The SMILES string of the molecule is CC(F)(F)c1cccc(NC2CCC(C(=O)O)CC2)c1. The molecule has 1 aromatic carbocycles. The van der Waals surface area contributed by atoms with Gasteiger partial charge in [0.2, 0.25) is 0 Å². The first-order valence-corrected chi connectivity index (χ1v) is 6.84. The fourth-order valence-corrected chi connectivity index (χ4v) is 2.60. The predicted octanol–water partition coefficient (Wildman–Crippen LogP) is 3.85. The van der Waals surface area contributed by atoms with Crippen molar-refractivity contribution in [1.82, 2.24) is 0 Å². The number of carboxylic acids is 1. The van der Waals surface area contributed by atoms with E-state index in [1.165, 1.54) is 12.1 Å². The lowest BCUT2D eigenvalue weighted by atomic mass is 9.86. The molecule has 2 N–H and O–H groups in total. The molecule has 2 rings (SSSR count). The molecule has 1 aliphatic rings. The number of hydrogen-bond donors (Lipinski definition) is 2. The summed E-state index contributed by atoms with van der Waals surface area (Å²) in [6.45, 7) is 0.879. The highest BCUT2D eigenvalue weighted by atomic mass is 19.3. The number of anilines is 1. The Kier molecular flexibility index (Phi) is 4.26. The van der Waals surface area contributed by atoms with Crippen LogP contribution in [0.4, 0.5) is 14.5 Å². The molecule has 0 radical (unpaired) electrons. The van der Waals surface area contributed by atoms with Crippen molar-refractivity contribution in [3.05, 3.63) is 29.8 Å². The van der Waals surface area contributed by atoms with Gasteiger partial charge in [0.15, 0.2) is 0 Å². The summed E-state index contributed by atoms with van der Waals surface area (Å²) in [5.74, 6) is -3.85. The van der Waals surface area contributed by atoms with Gasteiger partial charge in [-0.05, 0) is 37.8 Å². The Morgan fingerprint density at radius 1 is 1.30 bits per heavy atom. The summed E-state index contributed by atoms with van der Waals surface area (Å²) in [5, 5.41) is 12.2. The van der Waals surface area contributed by atoms with Crippen LogP contribution in [0.2, 0.25) is 0 Å². The van der Waals surface area contributed by atoms with Crippen LogP contribution in [0.3, 0.4) is 0 Å². The molecule has 1 aliphatic carbocycles. The van der Waals surface area contributed by atoms with E-state index >= 15 is 0 Å². The van der Waals surface area contributed by atoms with E-state index in [9.17, 15) is 13.6 Å². The van der Waals surface area contributed by atoms with E-state index in [1.54, 1.807) is 12.1 Å². The number of benzene rings is 1. The molecule has 0 unspecified atom stereocenters. The lowest BCUT2D eigenvalue weighted by Gasteiger charge is -2.28. The average Bonchev–Trinajstić information content (AvgIpc) is 2.38. The fraction of sp³-hybridized carbons (Fsp3) is 0.533. The molecule has 5 heteroatoms. The maximum atomic E-state index is 13.3. The first kappa shape index (κ1) is 14.8. The summed E-state index contributed by atoms with van der Waals surface area (Å²) in [7, 11) is 0. The minimum Gasteiger partial charge on any atom is -0.481 e. The number of hydrogen-bond acceptors (Lipinski definition) is 2. The summed E-state index contributed by atoms with van der Waals surface area (Å²) in [6, 6.07) is 6.40. The van der Waals surface area contributed by atoms with Crippen molar-refractivity contribution in [1.29, 1.82) is 0 Å². The molecular formula is C15H19F2NO2. The van der Waals surface area contributed by atoms with E-state index < -0.39 is 11.9 Å². The minimum absolute atomic E-state index is 0.0123. The predicted molar refractivity (Wildman–Crippen MR) is 73.0 cm³/mol. The van der Waals surface area contributed by atoms with Crippen molar-refractivity contribution in [3.63, 3.8) is 0 Å². The Balaban J connectivity index is 1.96. The van der Waals surface area contributed by atoms with Gasteiger partial charge in [-0.15, -0.1) is 0 Å². The van der Waals surface area contributed by atoms with Crippen LogP contribution in [0.5, 0.6) is 0 Å². The molecule has 110 valence electrons. The van der Waals surface area contributed by atoms with Gasteiger partial charge in [0.1, 0.15) is 0 Å². The van der Waals surface area contributed by atoms with E-state index in [1.807, 2.05) is 0 Å². The molecule has 0 aliphatic heterocycles. The van der Waals surface area contributed by atoms with Gasteiger partial charge in [0.25, 0.3) is 5.92 Å². The first-order valence-electron chi connectivity index (χ1n) is 6.84. The van der Waals surface area contributed by atoms with E-state index in [-0.39, 0.29) is 17.5 Å². The smallest absolute Gasteiger partial charge is 0.306 e. The number of carboxylic acid groups (broad SMARTS) is 1. The quantitative estimate of drug-likeness (QED) is 0.882. The number of aliphatic carboxylic acids is 1. The number of carbonyl (C=O) groups is 1. The van der Waals surface area contributed by atoms with Crippen molar-refractivity contribution < 1.29 is 18.7 Å². The molecule has 0 bridgehead atoms. The van der Waals surface area contributed by atoms with Crippen LogP contribution in [0.1, 0.15) is 38.2 Å². The second kappa shape index (κ2) is 5.77. The van der Waals surface area contributed by atoms with Crippen LogP contribution in [0, 0.1) is 5.92 Å². The van der Waals surface area contributed by atoms with Crippen molar-refractivity contribution in [2.45, 2.75) is 44.6 Å². The number of rotatable bonds is 4. The molecule has 0 saturated heterocycles. The number of alkyl halides is 2. The summed E-state index contributed by atoms with van der Waals surface area (Å²) >= 11 is 0.